The molecule has 64 valence electrons. The van der Waals surface area contributed by atoms with Crippen LogP contribution in [0, 0.1) is 6.92 Å². The van der Waals surface area contributed by atoms with E-state index in [9.17, 15) is 0 Å². The van der Waals surface area contributed by atoms with Crippen LogP contribution in [0.3, 0.4) is 0 Å². The number of hydrogen-bond acceptors (Lipinski definition) is 2. The summed E-state index contributed by atoms with van der Waals surface area (Å²) in [6.45, 7) is 9.92. The van der Waals surface area contributed by atoms with Crippen molar-refractivity contribution in [1.82, 2.24) is 9.97 Å². The predicted octanol–water partition coefficient (Wildman–Crippen LogP) is 2.55. The minimum absolute atomic E-state index is 0.451. The number of rotatable bonds is 2. The van der Waals surface area contributed by atoms with Gasteiger partial charge in [0, 0.05) is 11.9 Å². The second-order valence-corrected chi connectivity index (χ2v) is 3.16. The maximum Gasteiger partial charge on any atom is 0.151 e. The van der Waals surface area contributed by atoms with Crippen LogP contribution in [0.1, 0.15) is 36.8 Å². The molecule has 0 unspecified atom stereocenters. The van der Waals surface area contributed by atoms with Crippen molar-refractivity contribution in [1.29, 1.82) is 0 Å². The Morgan fingerprint density at radius 3 is 2.67 bits per heavy atom. The first-order valence-electron chi connectivity index (χ1n) is 4.11. The van der Waals surface area contributed by atoms with E-state index in [1.807, 2.05) is 13.1 Å². The van der Waals surface area contributed by atoms with Gasteiger partial charge in [-0.05, 0) is 24.5 Å². The highest BCUT2D eigenvalue weighted by molar-refractivity contribution is 5.37. The van der Waals surface area contributed by atoms with Crippen LogP contribution in [0.15, 0.2) is 12.8 Å². The Morgan fingerprint density at radius 2 is 2.17 bits per heavy atom. The van der Waals surface area contributed by atoms with Crippen LogP contribution < -0.4 is 0 Å². The Morgan fingerprint density at radius 1 is 1.50 bits per heavy atom. The highest BCUT2D eigenvalue weighted by Crippen LogP contribution is 2.15. The molecular weight excluding hydrogens is 148 g/mol. The molecule has 0 aliphatic heterocycles. The third kappa shape index (κ3) is 1.70. The normalized spacial score (nSPS) is 10.3. The third-order valence-corrected chi connectivity index (χ3v) is 1.76. The molecule has 0 amide bonds. The first-order chi connectivity index (χ1) is 5.65. The molecule has 12 heavy (non-hydrogen) atoms. The highest BCUT2D eigenvalue weighted by Gasteiger charge is 2.05. The molecule has 2 heteroatoms. The molecule has 1 aromatic rings. The van der Waals surface area contributed by atoms with Gasteiger partial charge in [0.2, 0.25) is 0 Å². The molecule has 0 aliphatic carbocycles. The summed E-state index contributed by atoms with van der Waals surface area (Å²) in [6, 6.07) is 0. The predicted molar refractivity (Wildman–Crippen MR) is 50.9 cm³/mol. The molecule has 0 spiro atoms. The molecule has 0 aliphatic rings. The van der Waals surface area contributed by atoms with E-state index in [0.29, 0.717) is 11.7 Å². The second kappa shape index (κ2) is 3.48. The largest absolute Gasteiger partial charge is 0.237 e. The van der Waals surface area contributed by atoms with Crippen molar-refractivity contribution in [3.8, 4) is 0 Å². The Bertz CT molecular complexity index is 290. The summed E-state index contributed by atoms with van der Waals surface area (Å²) < 4.78 is 0. The number of aromatic nitrogens is 2. The van der Waals surface area contributed by atoms with Crippen molar-refractivity contribution in [3.05, 3.63) is 29.9 Å². The van der Waals surface area contributed by atoms with Crippen molar-refractivity contribution in [3.63, 3.8) is 0 Å². The van der Waals surface area contributed by atoms with E-state index in [1.165, 1.54) is 0 Å². The molecule has 1 aromatic heterocycles. The molecule has 0 atom stereocenters. The van der Waals surface area contributed by atoms with Crippen molar-refractivity contribution in [2.45, 2.75) is 26.7 Å². The molecule has 0 bridgehead atoms. The zero-order chi connectivity index (χ0) is 9.14. The van der Waals surface area contributed by atoms with Crippen LogP contribution in [-0.2, 0) is 0 Å². The zero-order valence-corrected chi connectivity index (χ0v) is 7.83. The lowest BCUT2D eigenvalue weighted by molar-refractivity contribution is 0.798. The standard InChI is InChI=1S/C10H14N2/c1-5-9-11-6-8(4)10(12-9)7(2)3/h5-7H,1H2,2-4H3. The topological polar surface area (TPSA) is 25.8 Å². The molecule has 0 saturated heterocycles. The monoisotopic (exact) mass is 162 g/mol. The van der Waals surface area contributed by atoms with Crippen LogP contribution in [0.25, 0.3) is 6.08 Å². The first kappa shape index (κ1) is 8.91. The van der Waals surface area contributed by atoms with E-state index in [2.05, 4.69) is 30.4 Å². The minimum atomic E-state index is 0.451. The third-order valence-electron chi connectivity index (χ3n) is 1.76. The van der Waals surface area contributed by atoms with Gasteiger partial charge in [0.05, 0.1) is 0 Å². The summed E-state index contributed by atoms with van der Waals surface area (Å²) in [7, 11) is 0. The highest BCUT2D eigenvalue weighted by atomic mass is 14.9. The van der Waals surface area contributed by atoms with Crippen molar-refractivity contribution in [2.75, 3.05) is 0 Å². The van der Waals surface area contributed by atoms with E-state index < -0.39 is 0 Å². The van der Waals surface area contributed by atoms with Gasteiger partial charge in [0.15, 0.2) is 5.82 Å². The van der Waals surface area contributed by atoms with Crippen LogP contribution >= 0.6 is 0 Å². The first-order valence-corrected chi connectivity index (χ1v) is 4.11. The fourth-order valence-electron chi connectivity index (χ4n) is 1.15. The lowest BCUT2D eigenvalue weighted by Crippen LogP contribution is -2.00. The van der Waals surface area contributed by atoms with Crippen molar-refractivity contribution in [2.24, 2.45) is 0 Å². The zero-order valence-electron chi connectivity index (χ0n) is 7.83. The molecule has 0 fully saturated rings. The van der Waals surface area contributed by atoms with Gasteiger partial charge in [-0.3, -0.25) is 0 Å². The maximum absolute atomic E-state index is 4.36. The lowest BCUT2D eigenvalue weighted by Gasteiger charge is -2.07. The molecular formula is C10H14N2. The quantitative estimate of drug-likeness (QED) is 0.667. The molecule has 0 saturated carbocycles. The van der Waals surface area contributed by atoms with E-state index >= 15 is 0 Å². The smallest absolute Gasteiger partial charge is 0.151 e. The molecule has 0 radical (unpaired) electrons. The molecule has 1 heterocycles. The van der Waals surface area contributed by atoms with Gasteiger partial charge in [-0.2, -0.15) is 0 Å². The summed E-state index contributed by atoms with van der Waals surface area (Å²) in [4.78, 5) is 8.47. The summed E-state index contributed by atoms with van der Waals surface area (Å²) >= 11 is 0. The van der Waals surface area contributed by atoms with Gasteiger partial charge >= 0.3 is 0 Å². The Labute approximate surface area is 73.4 Å². The second-order valence-electron chi connectivity index (χ2n) is 3.16. The number of hydrogen-bond donors (Lipinski definition) is 0. The molecule has 0 aromatic carbocycles. The van der Waals surface area contributed by atoms with E-state index in [1.54, 1.807) is 6.08 Å². The summed E-state index contributed by atoms with van der Waals surface area (Å²) in [5.74, 6) is 1.16. The van der Waals surface area contributed by atoms with E-state index in [-0.39, 0.29) is 0 Å². The fraction of sp³-hybridized carbons (Fsp3) is 0.400. The SMILES string of the molecule is C=Cc1ncc(C)c(C(C)C)n1. The van der Waals surface area contributed by atoms with E-state index in [4.69, 9.17) is 0 Å². The number of nitrogens with zero attached hydrogens (tertiary/aromatic N) is 2. The van der Waals surface area contributed by atoms with Crippen LogP contribution in [0.5, 0.6) is 0 Å². The lowest BCUT2D eigenvalue weighted by atomic mass is 10.1. The van der Waals surface area contributed by atoms with Crippen molar-refractivity contribution >= 4 is 6.08 Å². The van der Waals surface area contributed by atoms with Crippen LogP contribution in [0.4, 0.5) is 0 Å². The Balaban J connectivity index is 3.16. The fourth-order valence-corrected chi connectivity index (χ4v) is 1.15. The molecule has 0 N–H and O–H groups in total. The minimum Gasteiger partial charge on any atom is -0.237 e. The van der Waals surface area contributed by atoms with Gasteiger partial charge < -0.3 is 0 Å². The summed E-state index contributed by atoms with van der Waals surface area (Å²) in [5.41, 5.74) is 2.26. The van der Waals surface area contributed by atoms with Gasteiger partial charge in [0.25, 0.3) is 0 Å². The average molecular weight is 162 g/mol. The Hall–Kier alpha value is -1.18. The summed E-state index contributed by atoms with van der Waals surface area (Å²) in [6.07, 6.45) is 3.52. The molecule has 1 rings (SSSR count). The van der Waals surface area contributed by atoms with Gasteiger partial charge in [0.1, 0.15) is 0 Å². The van der Waals surface area contributed by atoms with E-state index in [0.717, 1.165) is 11.3 Å². The molecule has 2 nitrogen and oxygen atoms in total. The Kier molecular flexibility index (Phi) is 2.58. The van der Waals surface area contributed by atoms with Crippen LogP contribution in [0.2, 0.25) is 0 Å². The average Bonchev–Trinajstić information content (AvgIpc) is 2.05. The van der Waals surface area contributed by atoms with Crippen LogP contribution in [-0.4, -0.2) is 9.97 Å². The van der Waals surface area contributed by atoms with Crippen molar-refractivity contribution < 1.29 is 0 Å². The van der Waals surface area contributed by atoms with Gasteiger partial charge in [-0.1, -0.05) is 20.4 Å². The van der Waals surface area contributed by atoms with Gasteiger partial charge in [-0.25, -0.2) is 9.97 Å². The number of aryl methyl sites for hydroxylation is 1. The van der Waals surface area contributed by atoms with Gasteiger partial charge in [-0.15, -0.1) is 0 Å². The maximum atomic E-state index is 4.36. The summed E-state index contributed by atoms with van der Waals surface area (Å²) in [5, 5.41) is 0.